The summed E-state index contributed by atoms with van der Waals surface area (Å²) in [5.74, 6) is -1.44. The summed E-state index contributed by atoms with van der Waals surface area (Å²) in [5.41, 5.74) is 5.58. The Bertz CT molecular complexity index is 232. The highest BCUT2D eigenvalue weighted by Crippen LogP contribution is 2.01. The van der Waals surface area contributed by atoms with E-state index >= 15 is 0 Å². The molecular formula is C9H18N2O4. The summed E-state index contributed by atoms with van der Waals surface area (Å²) < 4.78 is 4.78. The van der Waals surface area contributed by atoms with Crippen molar-refractivity contribution in [1.29, 1.82) is 0 Å². The molecule has 0 aliphatic heterocycles. The highest BCUT2D eigenvalue weighted by atomic mass is 16.5. The molecular weight excluding hydrogens is 200 g/mol. The lowest BCUT2D eigenvalue weighted by Gasteiger charge is -2.24. The van der Waals surface area contributed by atoms with E-state index < -0.39 is 18.1 Å². The number of carbonyl (C=O) groups is 2. The van der Waals surface area contributed by atoms with Gasteiger partial charge in [0.1, 0.15) is 6.04 Å². The van der Waals surface area contributed by atoms with Crippen LogP contribution >= 0.6 is 0 Å². The van der Waals surface area contributed by atoms with E-state index in [-0.39, 0.29) is 5.91 Å². The standard InChI is InChI=1S/C9H18N2O4/c1-6(9(13)14)11(2)8(12)7(10)4-5-15-3/h6-7H,4-5,10H2,1-3H3,(H,13,14). The predicted molar refractivity (Wildman–Crippen MR) is 54.3 cm³/mol. The number of likely N-dealkylation sites (N-methyl/N-ethyl adjacent to an activating group) is 1. The first-order valence-electron chi connectivity index (χ1n) is 4.65. The molecule has 2 unspecified atom stereocenters. The number of hydrogen-bond acceptors (Lipinski definition) is 4. The zero-order valence-corrected chi connectivity index (χ0v) is 9.27. The van der Waals surface area contributed by atoms with Gasteiger partial charge < -0.3 is 20.5 Å². The Morgan fingerprint density at radius 3 is 2.47 bits per heavy atom. The third-order valence-electron chi connectivity index (χ3n) is 2.24. The maximum atomic E-state index is 11.6. The van der Waals surface area contributed by atoms with E-state index in [1.807, 2.05) is 0 Å². The smallest absolute Gasteiger partial charge is 0.326 e. The summed E-state index contributed by atoms with van der Waals surface area (Å²) in [6.45, 7) is 1.81. The number of methoxy groups -OCH3 is 1. The van der Waals surface area contributed by atoms with Crippen LogP contribution in [0.4, 0.5) is 0 Å². The molecule has 0 aromatic rings. The van der Waals surface area contributed by atoms with Gasteiger partial charge in [0.25, 0.3) is 0 Å². The topological polar surface area (TPSA) is 92.9 Å². The molecule has 0 aliphatic rings. The molecule has 0 heterocycles. The maximum absolute atomic E-state index is 11.6. The molecule has 2 atom stereocenters. The second-order valence-corrected chi connectivity index (χ2v) is 3.35. The van der Waals surface area contributed by atoms with Gasteiger partial charge in [0.05, 0.1) is 6.04 Å². The fraction of sp³-hybridized carbons (Fsp3) is 0.778. The Morgan fingerprint density at radius 2 is 2.07 bits per heavy atom. The number of aliphatic carboxylic acids is 1. The number of nitrogens with zero attached hydrogens (tertiary/aromatic N) is 1. The molecule has 0 bridgehead atoms. The van der Waals surface area contributed by atoms with Gasteiger partial charge in [0.2, 0.25) is 5.91 Å². The Labute approximate surface area is 89.0 Å². The van der Waals surface area contributed by atoms with Gasteiger partial charge in [-0.15, -0.1) is 0 Å². The average molecular weight is 218 g/mol. The molecule has 0 spiro atoms. The number of hydrogen-bond donors (Lipinski definition) is 2. The minimum Gasteiger partial charge on any atom is -0.480 e. The summed E-state index contributed by atoms with van der Waals surface area (Å²) in [5, 5.41) is 8.70. The van der Waals surface area contributed by atoms with Gasteiger partial charge in [-0.3, -0.25) is 4.79 Å². The van der Waals surface area contributed by atoms with Crippen LogP contribution in [0.5, 0.6) is 0 Å². The number of carboxylic acid groups (broad SMARTS) is 1. The lowest BCUT2D eigenvalue weighted by Crippen LogP contribution is -2.48. The minimum absolute atomic E-state index is 0.377. The molecule has 0 aromatic carbocycles. The number of carboxylic acids is 1. The van der Waals surface area contributed by atoms with E-state index in [0.717, 1.165) is 4.90 Å². The van der Waals surface area contributed by atoms with Crippen LogP contribution in [0.3, 0.4) is 0 Å². The summed E-state index contributed by atoms with van der Waals surface area (Å²) in [6, 6.07) is -1.58. The largest absolute Gasteiger partial charge is 0.480 e. The fourth-order valence-corrected chi connectivity index (χ4v) is 0.986. The Balaban J connectivity index is 4.24. The van der Waals surface area contributed by atoms with Gasteiger partial charge in [-0.1, -0.05) is 0 Å². The van der Waals surface area contributed by atoms with Gasteiger partial charge >= 0.3 is 5.97 Å². The third-order valence-corrected chi connectivity index (χ3v) is 2.24. The number of carbonyl (C=O) groups excluding carboxylic acids is 1. The molecule has 0 aliphatic carbocycles. The lowest BCUT2D eigenvalue weighted by molar-refractivity contribution is -0.148. The summed E-state index contributed by atoms with van der Waals surface area (Å²) in [6.07, 6.45) is 0.381. The van der Waals surface area contributed by atoms with Gasteiger partial charge in [-0.25, -0.2) is 4.79 Å². The molecule has 0 rings (SSSR count). The SMILES string of the molecule is COCCC(N)C(=O)N(C)C(C)C(=O)O. The summed E-state index contributed by atoms with van der Waals surface area (Å²) in [7, 11) is 2.94. The van der Waals surface area contributed by atoms with E-state index in [1.54, 1.807) is 0 Å². The predicted octanol–water partition coefficient (Wildman–Crippen LogP) is -0.718. The van der Waals surface area contributed by atoms with E-state index in [0.29, 0.717) is 13.0 Å². The molecule has 0 saturated carbocycles. The monoisotopic (exact) mass is 218 g/mol. The Hall–Kier alpha value is -1.14. The lowest BCUT2D eigenvalue weighted by atomic mass is 10.2. The maximum Gasteiger partial charge on any atom is 0.326 e. The van der Waals surface area contributed by atoms with Gasteiger partial charge in [-0.2, -0.15) is 0 Å². The molecule has 0 fully saturated rings. The van der Waals surface area contributed by atoms with Crippen LogP contribution < -0.4 is 5.73 Å². The Morgan fingerprint density at radius 1 is 1.53 bits per heavy atom. The molecule has 1 amide bonds. The number of nitrogens with two attached hydrogens (primary N) is 1. The van der Waals surface area contributed by atoms with Crippen molar-refractivity contribution < 1.29 is 19.4 Å². The molecule has 6 heteroatoms. The fourth-order valence-electron chi connectivity index (χ4n) is 0.986. The summed E-state index contributed by atoms with van der Waals surface area (Å²) >= 11 is 0. The molecule has 88 valence electrons. The quantitative estimate of drug-likeness (QED) is 0.614. The first kappa shape index (κ1) is 13.9. The highest BCUT2D eigenvalue weighted by molar-refractivity contribution is 5.86. The van der Waals surface area contributed by atoms with Crippen LogP contribution in [0.1, 0.15) is 13.3 Å². The second-order valence-electron chi connectivity index (χ2n) is 3.35. The van der Waals surface area contributed by atoms with Gasteiger partial charge in [0.15, 0.2) is 0 Å². The minimum atomic E-state index is -1.05. The molecule has 0 saturated heterocycles. The zero-order chi connectivity index (χ0) is 12.0. The van der Waals surface area contributed by atoms with Crippen molar-refractivity contribution >= 4 is 11.9 Å². The van der Waals surface area contributed by atoms with Crippen LogP contribution in [0.2, 0.25) is 0 Å². The van der Waals surface area contributed by atoms with Crippen molar-refractivity contribution in [1.82, 2.24) is 4.90 Å². The zero-order valence-electron chi connectivity index (χ0n) is 9.27. The van der Waals surface area contributed by atoms with Crippen molar-refractivity contribution in [3.63, 3.8) is 0 Å². The van der Waals surface area contributed by atoms with Crippen molar-refractivity contribution in [3.8, 4) is 0 Å². The number of rotatable bonds is 6. The van der Waals surface area contributed by atoms with E-state index in [1.165, 1.54) is 21.1 Å². The first-order valence-corrected chi connectivity index (χ1v) is 4.65. The molecule has 3 N–H and O–H groups in total. The van der Waals surface area contributed by atoms with E-state index in [9.17, 15) is 9.59 Å². The molecule has 15 heavy (non-hydrogen) atoms. The van der Waals surface area contributed by atoms with E-state index in [2.05, 4.69) is 0 Å². The van der Waals surface area contributed by atoms with Crippen LogP contribution in [0, 0.1) is 0 Å². The van der Waals surface area contributed by atoms with Crippen molar-refractivity contribution in [3.05, 3.63) is 0 Å². The first-order chi connectivity index (χ1) is 6.91. The van der Waals surface area contributed by atoms with Crippen molar-refractivity contribution in [2.45, 2.75) is 25.4 Å². The van der Waals surface area contributed by atoms with Gasteiger partial charge in [0, 0.05) is 20.8 Å². The summed E-state index contributed by atoms with van der Waals surface area (Å²) in [4.78, 5) is 23.3. The Kier molecular flexibility index (Phi) is 5.88. The highest BCUT2D eigenvalue weighted by Gasteiger charge is 2.25. The molecule has 6 nitrogen and oxygen atoms in total. The average Bonchev–Trinajstić information content (AvgIpc) is 2.22. The van der Waals surface area contributed by atoms with Crippen molar-refractivity contribution in [2.24, 2.45) is 5.73 Å². The second kappa shape index (κ2) is 6.36. The van der Waals surface area contributed by atoms with Crippen LogP contribution in [-0.4, -0.2) is 54.7 Å². The number of amides is 1. The van der Waals surface area contributed by atoms with E-state index in [4.69, 9.17) is 15.6 Å². The normalized spacial score (nSPS) is 14.4. The molecule has 0 radical (unpaired) electrons. The van der Waals surface area contributed by atoms with Crippen LogP contribution in [0.15, 0.2) is 0 Å². The van der Waals surface area contributed by atoms with Gasteiger partial charge in [-0.05, 0) is 13.3 Å². The number of ether oxygens (including phenoxy) is 1. The molecule has 0 aromatic heterocycles. The van der Waals surface area contributed by atoms with Crippen LogP contribution in [0.25, 0.3) is 0 Å². The van der Waals surface area contributed by atoms with Crippen molar-refractivity contribution in [2.75, 3.05) is 20.8 Å². The van der Waals surface area contributed by atoms with Crippen LogP contribution in [-0.2, 0) is 14.3 Å². The third kappa shape index (κ3) is 4.26.